The molecule has 0 bridgehead atoms. The summed E-state index contributed by atoms with van der Waals surface area (Å²) in [5, 5.41) is 4.52. The first-order valence-corrected chi connectivity index (χ1v) is 9.53. The molecular formula is C22H17ClN2O6. The Morgan fingerprint density at radius 1 is 1.06 bits per heavy atom. The molecular weight excluding hydrogens is 424 g/mol. The lowest BCUT2D eigenvalue weighted by molar-refractivity contribution is 0.0600. The van der Waals surface area contributed by atoms with E-state index in [2.05, 4.69) is 14.9 Å². The van der Waals surface area contributed by atoms with Gasteiger partial charge in [-0.05, 0) is 54.6 Å². The molecule has 4 aromatic rings. The number of nitrogens with zero attached hydrogens (tertiary/aromatic N) is 2. The van der Waals surface area contributed by atoms with E-state index in [4.69, 9.17) is 30.0 Å². The molecule has 9 heteroatoms. The molecule has 0 spiro atoms. The average molecular weight is 441 g/mol. The van der Waals surface area contributed by atoms with Gasteiger partial charge in [0.2, 0.25) is 5.82 Å². The summed E-state index contributed by atoms with van der Waals surface area (Å²) >= 11 is 6.07. The van der Waals surface area contributed by atoms with Crippen LogP contribution in [0.25, 0.3) is 23.0 Å². The molecule has 4 rings (SSSR count). The van der Waals surface area contributed by atoms with Gasteiger partial charge in [0.15, 0.2) is 5.76 Å². The topological polar surface area (TPSA) is 96.8 Å². The van der Waals surface area contributed by atoms with E-state index in [9.17, 15) is 4.79 Å². The molecule has 0 saturated heterocycles. The SMILES string of the molecule is COC(=O)c1ccc(OCc2ccc(-c3nc(-c4cc(Cl)ccc4OC)no3)o2)cc1. The molecule has 31 heavy (non-hydrogen) atoms. The quantitative estimate of drug-likeness (QED) is 0.369. The molecule has 0 radical (unpaired) electrons. The minimum absolute atomic E-state index is 0.181. The number of halogens is 1. The zero-order valence-electron chi connectivity index (χ0n) is 16.6. The van der Waals surface area contributed by atoms with E-state index >= 15 is 0 Å². The zero-order chi connectivity index (χ0) is 21.8. The maximum Gasteiger partial charge on any atom is 0.337 e. The lowest BCUT2D eigenvalue weighted by Crippen LogP contribution is -2.01. The number of methoxy groups -OCH3 is 2. The van der Waals surface area contributed by atoms with Crippen LogP contribution in [0.5, 0.6) is 11.5 Å². The molecule has 0 atom stereocenters. The van der Waals surface area contributed by atoms with Crippen LogP contribution in [-0.4, -0.2) is 30.3 Å². The Balaban J connectivity index is 1.45. The summed E-state index contributed by atoms with van der Waals surface area (Å²) in [6.45, 7) is 0.181. The largest absolute Gasteiger partial charge is 0.496 e. The molecule has 0 aliphatic carbocycles. The molecule has 0 fully saturated rings. The van der Waals surface area contributed by atoms with Gasteiger partial charge in [-0.25, -0.2) is 4.79 Å². The van der Waals surface area contributed by atoms with E-state index in [-0.39, 0.29) is 12.5 Å². The van der Waals surface area contributed by atoms with Crippen LogP contribution >= 0.6 is 11.6 Å². The maximum absolute atomic E-state index is 11.5. The molecule has 0 N–H and O–H groups in total. The van der Waals surface area contributed by atoms with Crippen LogP contribution in [0.1, 0.15) is 16.1 Å². The Labute approximate surface area is 182 Å². The van der Waals surface area contributed by atoms with Crippen molar-refractivity contribution in [1.29, 1.82) is 0 Å². The fourth-order valence-electron chi connectivity index (χ4n) is 2.82. The Kier molecular flexibility index (Phi) is 5.90. The number of hydrogen-bond donors (Lipinski definition) is 0. The smallest absolute Gasteiger partial charge is 0.337 e. The summed E-state index contributed by atoms with van der Waals surface area (Å²) in [6, 6.07) is 15.2. The lowest BCUT2D eigenvalue weighted by atomic mass is 10.2. The van der Waals surface area contributed by atoms with Crippen LogP contribution in [0.2, 0.25) is 5.02 Å². The van der Waals surface area contributed by atoms with Gasteiger partial charge in [0.1, 0.15) is 23.9 Å². The van der Waals surface area contributed by atoms with Crippen molar-refractivity contribution in [2.24, 2.45) is 0 Å². The van der Waals surface area contributed by atoms with Crippen molar-refractivity contribution in [3.05, 3.63) is 70.9 Å². The van der Waals surface area contributed by atoms with Gasteiger partial charge < -0.3 is 23.2 Å². The molecule has 158 valence electrons. The summed E-state index contributed by atoms with van der Waals surface area (Å²) in [6.07, 6.45) is 0. The third-order valence-electron chi connectivity index (χ3n) is 4.36. The van der Waals surface area contributed by atoms with Crippen molar-refractivity contribution >= 4 is 17.6 Å². The van der Waals surface area contributed by atoms with E-state index in [0.29, 0.717) is 45.0 Å². The second kappa shape index (κ2) is 8.93. The lowest BCUT2D eigenvalue weighted by Gasteiger charge is -2.05. The highest BCUT2D eigenvalue weighted by Crippen LogP contribution is 2.32. The average Bonchev–Trinajstić information content (AvgIpc) is 3.47. The summed E-state index contributed by atoms with van der Waals surface area (Å²) < 4.78 is 26.8. The second-order valence-corrected chi connectivity index (χ2v) is 6.77. The number of rotatable bonds is 7. The van der Waals surface area contributed by atoms with E-state index in [1.807, 2.05) is 0 Å². The summed E-state index contributed by atoms with van der Waals surface area (Å²) in [5.41, 5.74) is 1.05. The van der Waals surface area contributed by atoms with Crippen molar-refractivity contribution in [1.82, 2.24) is 10.1 Å². The monoisotopic (exact) mass is 440 g/mol. The van der Waals surface area contributed by atoms with Crippen LogP contribution in [0.4, 0.5) is 0 Å². The van der Waals surface area contributed by atoms with E-state index in [1.54, 1.807) is 61.7 Å². The molecule has 2 aromatic carbocycles. The predicted octanol–water partition coefficient (Wildman–Crippen LogP) is 5.02. The molecule has 2 heterocycles. The van der Waals surface area contributed by atoms with Crippen molar-refractivity contribution in [2.45, 2.75) is 6.61 Å². The number of aromatic nitrogens is 2. The van der Waals surface area contributed by atoms with Crippen LogP contribution < -0.4 is 9.47 Å². The highest BCUT2D eigenvalue weighted by Gasteiger charge is 2.17. The number of carbonyl (C=O) groups excluding carboxylic acids is 1. The highest BCUT2D eigenvalue weighted by molar-refractivity contribution is 6.30. The standard InChI is InChI=1S/C22H17ClN2O6/c1-27-18-9-5-14(23)11-17(18)20-24-21(31-25-20)19-10-8-16(30-19)12-29-15-6-3-13(4-7-15)22(26)28-2/h3-11H,12H2,1-2H3. The minimum Gasteiger partial charge on any atom is -0.496 e. The van der Waals surface area contributed by atoms with Crippen molar-refractivity contribution in [3.63, 3.8) is 0 Å². The predicted molar refractivity (Wildman–Crippen MR) is 111 cm³/mol. The Morgan fingerprint density at radius 2 is 1.87 bits per heavy atom. The molecule has 0 unspecified atom stereocenters. The fourth-order valence-corrected chi connectivity index (χ4v) is 2.99. The van der Waals surface area contributed by atoms with Gasteiger partial charge in [-0.2, -0.15) is 4.98 Å². The zero-order valence-corrected chi connectivity index (χ0v) is 17.4. The fraction of sp³-hybridized carbons (Fsp3) is 0.136. The van der Waals surface area contributed by atoms with Gasteiger partial charge in [0, 0.05) is 5.02 Å². The summed E-state index contributed by atoms with van der Waals surface area (Å²) in [4.78, 5) is 15.8. The number of ether oxygens (including phenoxy) is 3. The first kappa shape index (κ1) is 20.5. The Hall–Kier alpha value is -3.78. The third kappa shape index (κ3) is 4.54. The van der Waals surface area contributed by atoms with E-state index < -0.39 is 5.97 Å². The number of benzene rings is 2. The van der Waals surface area contributed by atoms with E-state index in [1.165, 1.54) is 7.11 Å². The van der Waals surface area contributed by atoms with E-state index in [0.717, 1.165) is 0 Å². The van der Waals surface area contributed by atoms with Gasteiger partial charge in [-0.15, -0.1) is 0 Å². The normalized spacial score (nSPS) is 10.7. The first-order chi connectivity index (χ1) is 15.1. The second-order valence-electron chi connectivity index (χ2n) is 6.34. The van der Waals surface area contributed by atoms with Crippen LogP contribution in [0.15, 0.2) is 63.5 Å². The Morgan fingerprint density at radius 3 is 2.61 bits per heavy atom. The molecule has 0 amide bonds. The number of furan rings is 1. The minimum atomic E-state index is -0.406. The number of esters is 1. The third-order valence-corrected chi connectivity index (χ3v) is 4.59. The van der Waals surface area contributed by atoms with Crippen LogP contribution in [-0.2, 0) is 11.3 Å². The van der Waals surface area contributed by atoms with Crippen LogP contribution in [0.3, 0.4) is 0 Å². The maximum atomic E-state index is 11.5. The molecule has 2 aromatic heterocycles. The highest BCUT2D eigenvalue weighted by atomic mass is 35.5. The van der Waals surface area contributed by atoms with Crippen molar-refractivity contribution in [2.75, 3.05) is 14.2 Å². The first-order valence-electron chi connectivity index (χ1n) is 9.15. The van der Waals surface area contributed by atoms with Gasteiger partial charge >= 0.3 is 5.97 Å². The van der Waals surface area contributed by atoms with Gasteiger partial charge in [0.25, 0.3) is 5.89 Å². The van der Waals surface area contributed by atoms with Crippen molar-refractivity contribution in [3.8, 4) is 34.5 Å². The van der Waals surface area contributed by atoms with Crippen molar-refractivity contribution < 1.29 is 27.9 Å². The molecule has 0 aliphatic heterocycles. The number of hydrogen-bond acceptors (Lipinski definition) is 8. The van der Waals surface area contributed by atoms with Crippen LogP contribution in [0, 0.1) is 0 Å². The molecule has 0 saturated carbocycles. The molecule has 8 nitrogen and oxygen atoms in total. The summed E-state index contributed by atoms with van der Waals surface area (Å²) in [5.74, 6) is 2.25. The Bertz CT molecular complexity index is 1200. The number of carbonyl (C=O) groups is 1. The van der Waals surface area contributed by atoms with Gasteiger partial charge in [-0.3, -0.25) is 0 Å². The van der Waals surface area contributed by atoms with Gasteiger partial charge in [0.05, 0.1) is 25.3 Å². The molecule has 0 aliphatic rings. The van der Waals surface area contributed by atoms with Gasteiger partial charge in [-0.1, -0.05) is 16.8 Å². The summed E-state index contributed by atoms with van der Waals surface area (Å²) in [7, 11) is 2.88.